The number of ether oxygens (including phenoxy) is 4. The third-order valence-corrected chi connectivity index (χ3v) is 7.68. The predicted octanol–water partition coefficient (Wildman–Crippen LogP) is 1.00. The monoisotopic (exact) mass is 540 g/mol. The highest BCUT2D eigenvalue weighted by Crippen LogP contribution is 2.23. The molecule has 2 N–H and O–H groups in total. The number of nitrogens with one attached hydrogen (secondary N) is 2. The van der Waals surface area contributed by atoms with Crippen molar-refractivity contribution in [2.75, 3.05) is 78.9 Å². The topological polar surface area (TPSA) is 79.9 Å². The molecule has 2 aliphatic rings. The first-order chi connectivity index (χ1) is 19.1. The Bertz CT molecular complexity index is 947. The van der Waals surface area contributed by atoms with E-state index in [1.807, 2.05) is 62.4 Å². The van der Waals surface area contributed by atoms with Crippen LogP contribution in [0.15, 0.2) is 48.5 Å². The van der Waals surface area contributed by atoms with Crippen molar-refractivity contribution in [3.8, 4) is 11.5 Å². The van der Waals surface area contributed by atoms with Crippen molar-refractivity contribution in [1.29, 1.82) is 0 Å². The maximum Gasteiger partial charge on any atom is 0.171 e. The van der Waals surface area contributed by atoms with Crippen LogP contribution in [0.1, 0.15) is 41.0 Å². The Morgan fingerprint density at radius 1 is 0.667 bits per heavy atom. The van der Waals surface area contributed by atoms with Gasteiger partial charge in [-0.2, -0.15) is 0 Å². The summed E-state index contributed by atoms with van der Waals surface area (Å²) in [6, 6.07) is 14.8. The summed E-state index contributed by atoms with van der Waals surface area (Å²) in [5.74, 6) is 1.16. The van der Waals surface area contributed by atoms with E-state index in [4.69, 9.17) is 18.9 Å². The average Bonchev–Trinajstić information content (AvgIpc) is 2.98. The van der Waals surface area contributed by atoms with Gasteiger partial charge in [0.2, 0.25) is 0 Å². The lowest BCUT2D eigenvalue weighted by molar-refractivity contribution is -0.912. The molecule has 0 aromatic heterocycles. The van der Waals surface area contributed by atoms with Crippen LogP contribution in [0.25, 0.3) is 0 Å². The average molecular weight is 541 g/mol. The summed E-state index contributed by atoms with van der Waals surface area (Å²) < 4.78 is 22.3. The highest BCUT2D eigenvalue weighted by molar-refractivity contribution is 6.00. The summed E-state index contributed by atoms with van der Waals surface area (Å²) in [5, 5.41) is 0. The fourth-order valence-corrected chi connectivity index (χ4v) is 5.57. The van der Waals surface area contributed by atoms with Crippen molar-refractivity contribution >= 4 is 11.6 Å². The first-order valence-corrected chi connectivity index (χ1v) is 14.4. The van der Waals surface area contributed by atoms with Gasteiger partial charge in [0.15, 0.2) is 11.6 Å². The van der Waals surface area contributed by atoms with Crippen LogP contribution in [-0.2, 0) is 9.47 Å². The molecule has 212 valence electrons. The van der Waals surface area contributed by atoms with Crippen molar-refractivity contribution in [2.45, 2.75) is 20.3 Å². The number of benzene rings is 2. The van der Waals surface area contributed by atoms with E-state index >= 15 is 0 Å². The van der Waals surface area contributed by atoms with E-state index in [0.29, 0.717) is 70.3 Å². The number of ketones is 2. The van der Waals surface area contributed by atoms with Crippen LogP contribution in [0.5, 0.6) is 11.5 Å². The van der Waals surface area contributed by atoms with Crippen molar-refractivity contribution in [1.82, 2.24) is 0 Å². The number of morpholine rings is 2. The fourth-order valence-electron chi connectivity index (χ4n) is 5.57. The Kier molecular flexibility index (Phi) is 11.3. The van der Waals surface area contributed by atoms with E-state index in [0.717, 1.165) is 37.7 Å². The van der Waals surface area contributed by atoms with E-state index in [9.17, 15) is 9.59 Å². The molecule has 0 aliphatic carbocycles. The van der Waals surface area contributed by atoms with Gasteiger partial charge in [-0.3, -0.25) is 9.59 Å². The zero-order valence-electron chi connectivity index (χ0n) is 23.4. The Morgan fingerprint density at radius 3 is 1.36 bits per heavy atom. The number of rotatable bonds is 14. The summed E-state index contributed by atoms with van der Waals surface area (Å²) in [6.45, 7) is 12.7. The van der Waals surface area contributed by atoms with Gasteiger partial charge in [0.05, 0.1) is 64.6 Å². The molecule has 4 rings (SSSR count). The van der Waals surface area contributed by atoms with Gasteiger partial charge in [-0.15, -0.1) is 0 Å². The molecule has 0 bridgehead atoms. The van der Waals surface area contributed by atoms with Gasteiger partial charge in [-0.05, 0) is 68.8 Å². The second-order valence-corrected chi connectivity index (χ2v) is 10.4. The molecule has 2 fully saturated rings. The van der Waals surface area contributed by atoms with Crippen LogP contribution in [0.3, 0.4) is 0 Å². The van der Waals surface area contributed by atoms with Crippen LogP contribution in [0, 0.1) is 11.8 Å². The second kappa shape index (κ2) is 15.1. The van der Waals surface area contributed by atoms with Crippen LogP contribution in [-0.4, -0.2) is 90.5 Å². The van der Waals surface area contributed by atoms with Crippen LogP contribution in [0.2, 0.25) is 0 Å². The van der Waals surface area contributed by atoms with Crippen LogP contribution in [0.4, 0.5) is 0 Å². The predicted molar refractivity (Wildman–Crippen MR) is 148 cm³/mol. The molecule has 0 saturated carbocycles. The number of quaternary nitrogens is 2. The molecule has 2 aromatic rings. The second-order valence-electron chi connectivity index (χ2n) is 10.4. The summed E-state index contributed by atoms with van der Waals surface area (Å²) >= 11 is 0. The molecule has 2 saturated heterocycles. The third-order valence-electron chi connectivity index (χ3n) is 7.68. The maximum absolute atomic E-state index is 14.0. The van der Waals surface area contributed by atoms with Crippen molar-refractivity contribution in [3.63, 3.8) is 0 Å². The molecule has 0 spiro atoms. The van der Waals surface area contributed by atoms with E-state index in [2.05, 4.69) is 0 Å². The number of hydrogen-bond donors (Lipinski definition) is 2. The summed E-state index contributed by atoms with van der Waals surface area (Å²) in [7, 11) is 0. The SMILES string of the molecule is CCOc1ccc(C(=O)C(CC(C[NH+]2CCOCC2)C(=O)c2ccc(OCC)cc2)C[NH+]2CCOCC2)cc1. The van der Waals surface area contributed by atoms with E-state index < -0.39 is 0 Å². The third kappa shape index (κ3) is 8.60. The number of carbonyl (C=O) groups excluding carboxylic acids is 2. The Balaban J connectivity index is 1.58. The van der Waals surface area contributed by atoms with Gasteiger partial charge in [0.1, 0.15) is 37.7 Å². The molecular weight excluding hydrogens is 496 g/mol. The lowest BCUT2D eigenvalue weighted by Gasteiger charge is -2.31. The maximum atomic E-state index is 14.0. The lowest BCUT2D eigenvalue weighted by Crippen LogP contribution is -3.15. The number of carbonyl (C=O) groups is 2. The zero-order valence-corrected chi connectivity index (χ0v) is 23.4. The number of hydrogen-bond acceptors (Lipinski definition) is 6. The standard InChI is InChI=1S/C31H42N2O6/c1-3-38-28-9-5-24(6-10-28)30(34)26(22-32-13-17-36-18-14-32)21-27(23-33-15-19-37-20-16-33)31(35)25-7-11-29(12-8-25)39-4-2/h5-12,26-27H,3-4,13-23H2,1-2H3/p+2. The molecule has 0 amide bonds. The molecule has 2 atom stereocenters. The quantitative estimate of drug-likeness (QED) is 0.348. The number of Topliss-reactive ketones (excluding diaryl/α,β-unsaturated/α-hetero) is 2. The van der Waals surface area contributed by atoms with Gasteiger partial charge in [0, 0.05) is 11.1 Å². The Morgan fingerprint density at radius 2 is 1.03 bits per heavy atom. The van der Waals surface area contributed by atoms with E-state index in [1.165, 1.54) is 9.80 Å². The molecular formula is C31H44N2O6+2. The normalized spacial score (nSPS) is 18.3. The van der Waals surface area contributed by atoms with Gasteiger partial charge in [0.25, 0.3) is 0 Å². The largest absolute Gasteiger partial charge is 0.494 e. The summed E-state index contributed by atoms with van der Waals surface area (Å²) in [4.78, 5) is 30.6. The minimum absolute atomic E-state index is 0.0958. The van der Waals surface area contributed by atoms with Crippen LogP contribution >= 0.6 is 0 Å². The highest BCUT2D eigenvalue weighted by atomic mass is 16.5. The first kappa shape index (κ1) is 29.2. The highest BCUT2D eigenvalue weighted by Gasteiger charge is 2.35. The summed E-state index contributed by atoms with van der Waals surface area (Å²) in [6.07, 6.45) is 0.521. The molecule has 8 nitrogen and oxygen atoms in total. The Hall–Kier alpha value is -2.78. The van der Waals surface area contributed by atoms with Crippen molar-refractivity contribution in [2.24, 2.45) is 11.8 Å². The minimum Gasteiger partial charge on any atom is -0.494 e. The molecule has 39 heavy (non-hydrogen) atoms. The summed E-state index contributed by atoms with van der Waals surface area (Å²) in [5.41, 5.74) is 1.34. The first-order valence-electron chi connectivity index (χ1n) is 14.4. The Labute approximate surface area is 232 Å². The molecule has 2 aliphatic heterocycles. The molecule has 2 heterocycles. The van der Waals surface area contributed by atoms with Crippen LogP contribution < -0.4 is 19.3 Å². The molecule has 0 radical (unpaired) electrons. The molecule has 2 unspecified atom stereocenters. The lowest BCUT2D eigenvalue weighted by atomic mass is 9.83. The van der Waals surface area contributed by atoms with Gasteiger partial charge in [-0.25, -0.2) is 0 Å². The smallest absolute Gasteiger partial charge is 0.171 e. The van der Waals surface area contributed by atoms with Crippen molar-refractivity contribution < 1.29 is 38.3 Å². The van der Waals surface area contributed by atoms with Gasteiger partial charge >= 0.3 is 0 Å². The fraction of sp³-hybridized carbons (Fsp3) is 0.548. The molecule has 2 aromatic carbocycles. The minimum atomic E-state index is -0.270. The van der Waals surface area contributed by atoms with E-state index in [1.54, 1.807) is 0 Å². The van der Waals surface area contributed by atoms with E-state index in [-0.39, 0.29) is 23.4 Å². The molecule has 8 heteroatoms. The van der Waals surface area contributed by atoms with Gasteiger partial charge in [-0.1, -0.05) is 0 Å². The van der Waals surface area contributed by atoms with Crippen molar-refractivity contribution in [3.05, 3.63) is 59.7 Å². The zero-order chi connectivity index (χ0) is 27.5. The van der Waals surface area contributed by atoms with Gasteiger partial charge < -0.3 is 28.7 Å².